The van der Waals surface area contributed by atoms with E-state index in [1.54, 1.807) is 67.6 Å². The molecule has 0 heterocycles. The largest absolute Gasteiger partial charge is 0.494 e. The molecule has 11 heteroatoms. The Bertz CT molecular complexity index is 1480. The predicted molar refractivity (Wildman–Crippen MR) is 165 cm³/mol. The lowest BCUT2D eigenvalue weighted by molar-refractivity contribution is -0.139. The molecule has 3 aromatic rings. The molecule has 3 aromatic carbocycles. The second kappa shape index (κ2) is 14.3. The predicted octanol–water partition coefficient (Wildman–Crippen LogP) is 6.06. The number of carbonyl (C=O) groups is 2. The first-order valence-electron chi connectivity index (χ1n) is 13.9. The van der Waals surface area contributed by atoms with Crippen LogP contribution in [0.4, 0.5) is 5.69 Å². The lowest BCUT2D eigenvalue weighted by atomic mass is 10.1. The second-order valence-corrected chi connectivity index (χ2v) is 12.9. The normalized spacial score (nSPS) is 14.3. The maximum absolute atomic E-state index is 14.0. The molecule has 42 heavy (non-hydrogen) atoms. The molecule has 0 spiro atoms. The Kier molecular flexibility index (Phi) is 10.8. The summed E-state index contributed by atoms with van der Waals surface area (Å²) in [6, 6.07) is 18.6. The van der Waals surface area contributed by atoms with Gasteiger partial charge in [-0.1, -0.05) is 60.3 Å². The van der Waals surface area contributed by atoms with Crippen LogP contribution in [0.2, 0.25) is 10.0 Å². The number of para-hydroxylation sites is 1. The molecule has 1 N–H and O–H groups in total. The number of nitrogens with one attached hydrogen (secondary N) is 1. The molecule has 0 aliphatic heterocycles. The zero-order valence-electron chi connectivity index (χ0n) is 23.6. The lowest BCUT2D eigenvalue weighted by Crippen LogP contribution is -2.52. The highest BCUT2D eigenvalue weighted by Crippen LogP contribution is 2.27. The summed E-state index contributed by atoms with van der Waals surface area (Å²) >= 11 is 12.3. The Balaban J connectivity index is 1.67. The van der Waals surface area contributed by atoms with Gasteiger partial charge in [0.25, 0.3) is 10.0 Å². The van der Waals surface area contributed by atoms with E-state index in [-0.39, 0.29) is 23.4 Å². The van der Waals surface area contributed by atoms with Gasteiger partial charge in [-0.2, -0.15) is 0 Å². The van der Waals surface area contributed by atoms with Crippen molar-refractivity contribution in [2.24, 2.45) is 0 Å². The molecule has 1 saturated carbocycles. The molecular weight excluding hydrogens is 597 g/mol. The van der Waals surface area contributed by atoms with Crippen molar-refractivity contribution >= 4 is 50.7 Å². The molecule has 0 saturated heterocycles. The fourth-order valence-electron chi connectivity index (χ4n) is 4.93. The maximum Gasteiger partial charge on any atom is 0.264 e. The average Bonchev–Trinajstić information content (AvgIpc) is 3.50. The minimum absolute atomic E-state index is 0.00524. The van der Waals surface area contributed by atoms with Gasteiger partial charge in [-0.3, -0.25) is 13.9 Å². The van der Waals surface area contributed by atoms with Gasteiger partial charge in [0.05, 0.1) is 27.2 Å². The first-order chi connectivity index (χ1) is 20.1. The highest BCUT2D eigenvalue weighted by molar-refractivity contribution is 7.92. The van der Waals surface area contributed by atoms with Gasteiger partial charge < -0.3 is 15.0 Å². The SMILES string of the molecule is CCOc1ccc(S(=O)(=O)N(CC(=O)N(Cc2ccc(Cl)c(Cl)c2)[C@@H](C)C(=O)NC2CCCC2)c2ccccc2)cc1. The van der Waals surface area contributed by atoms with Gasteiger partial charge >= 0.3 is 0 Å². The second-order valence-electron chi connectivity index (χ2n) is 10.2. The third-order valence-corrected chi connectivity index (χ3v) is 9.78. The van der Waals surface area contributed by atoms with E-state index in [2.05, 4.69) is 5.32 Å². The van der Waals surface area contributed by atoms with Crippen molar-refractivity contribution in [3.8, 4) is 5.75 Å². The van der Waals surface area contributed by atoms with Gasteiger partial charge in [0.15, 0.2) is 0 Å². The maximum atomic E-state index is 14.0. The smallest absolute Gasteiger partial charge is 0.264 e. The summed E-state index contributed by atoms with van der Waals surface area (Å²) in [6.07, 6.45) is 3.87. The highest BCUT2D eigenvalue weighted by Gasteiger charge is 2.33. The third-order valence-electron chi connectivity index (χ3n) is 7.25. The topological polar surface area (TPSA) is 96.0 Å². The molecule has 224 valence electrons. The lowest BCUT2D eigenvalue weighted by Gasteiger charge is -2.32. The van der Waals surface area contributed by atoms with E-state index in [1.807, 2.05) is 6.92 Å². The van der Waals surface area contributed by atoms with Gasteiger partial charge in [-0.05, 0) is 80.8 Å². The summed E-state index contributed by atoms with van der Waals surface area (Å²) in [6.45, 7) is 3.43. The van der Waals surface area contributed by atoms with E-state index in [0.717, 1.165) is 30.0 Å². The van der Waals surface area contributed by atoms with Crippen LogP contribution in [0.3, 0.4) is 0 Å². The third kappa shape index (κ3) is 7.76. The average molecular weight is 633 g/mol. The van der Waals surface area contributed by atoms with Crippen LogP contribution in [-0.2, 0) is 26.2 Å². The molecule has 0 bridgehead atoms. The molecule has 2 amide bonds. The van der Waals surface area contributed by atoms with Gasteiger partial charge in [0.2, 0.25) is 11.8 Å². The Labute approximate surface area is 257 Å². The molecular formula is C31H35Cl2N3O5S. The van der Waals surface area contributed by atoms with E-state index >= 15 is 0 Å². The minimum Gasteiger partial charge on any atom is -0.494 e. The van der Waals surface area contributed by atoms with Crippen molar-refractivity contribution in [3.05, 3.63) is 88.4 Å². The first-order valence-corrected chi connectivity index (χ1v) is 16.1. The number of amides is 2. The van der Waals surface area contributed by atoms with Crippen molar-refractivity contribution in [3.63, 3.8) is 0 Å². The summed E-state index contributed by atoms with van der Waals surface area (Å²) in [5.74, 6) is -0.307. The number of carbonyl (C=O) groups excluding carboxylic acids is 2. The van der Waals surface area contributed by atoms with Crippen molar-refractivity contribution in [1.82, 2.24) is 10.2 Å². The molecule has 0 unspecified atom stereocenters. The van der Waals surface area contributed by atoms with Gasteiger partial charge in [0, 0.05) is 12.6 Å². The van der Waals surface area contributed by atoms with Crippen molar-refractivity contribution in [2.75, 3.05) is 17.5 Å². The van der Waals surface area contributed by atoms with E-state index in [9.17, 15) is 18.0 Å². The summed E-state index contributed by atoms with van der Waals surface area (Å²) < 4.78 is 34.4. The highest BCUT2D eigenvalue weighted by atomic mass is 35.5. The standard InChI is InChI=1S/C31H35Cl2N3O5S/c1-3-41-26-14-16-27(17-15-26)42(39,40)36(25-11-5-4-6-12-25)21-30(37)35(20-23-13-18-28(32)29(33)19-23)22(2)31(38)34-24-9-7-8-10-24/h4-6,11-19,22,24H,3,7-10,20-21H2,1-2H3,(H,34,38)/t22-/m0/s1. The zero-order chi connectivity index (χ0) is 30.3. The van der Waals surface area contributed by atoms with Crippen LogP contribution in [0.25, 0.3) is 0 Å². The fraction of sp³-hybridized carbons (Fsp3) is 0.355. The van der Waals surface area contributed by atoms with Crippen molar-refractivity contribution in [1.29, 1.82) is 0 Å². The summed E-state index contributed by atoms with van der Waals surface area (Å²) in [5, 5.41) is 3.73. The monoisotopic (exact) mass is 631 g/mol. The Hall–Kier alpha value is -3.27. The number of sulfonamides is 1. The van der Waals surface area contributed by atoms with Crippen LogP contribution in [0.15, 0.2) is 77.7 Å². The molecule has 1 aliphatic rings. The van der Waals surface area contributed by atoms with Crippen LogP contribution in [-0.4, -0.2) is 50.4 Å². The number of hydrogen-bond acceptors (Lipinski definition) is 5. The Morgan fingerprint density at radius 3 is 2.26 bits per heavy atom. The summed E-state index contributed by atoms with van der Waals surface area (Å²) in [4.78, 5) is 28.8. The number of hydrogen-bond donors (Lipinski definition) is 1. The Morgan fingerprint density at radius 1 is 0.976 bits per heavy atom. The van der Waals surface area contributed by atoms with E-state index in [4.69, 9.17) is 27.9 Å². The fourth-order valence-corrected chi connectivity index (χ4v) is 6.67. The molecule has 1 atom stereocenters. The number of ether oxygens (including phenoxy) is 1. The molecule has 1 aliphatic carbocycles. The van der Waals surface area contributed by atoms with Crippen LogP contribution in [0.1, 0.15) is 45.1 Å². The molecule has 0 radical (unpaired) electrons. The minimum atomic E-state index is -4.17. The van der Waals surface area contributed by atoms with E-state index in [1.165, 1.54) is 17.0 Å². The van der Waals surface area contributed by atoms with Crippen LogP contribution < -0.4 is 14.4 Å². The van der Waals surface area contributed by atoms with Crippen molar-refractivity contribution < 1.29 is 22.7 Å². The van der Waals surface area contributed by atoms with Crippen LogP contribution in [0, 0.1) is 0 Å². The number of halogens is 2. The summed E-state index contributed by atoms with van der Waals surface area (Å²) in [7, 11) is -4.17. The first kappa shape index (κ1) is 31.7. The molecule has 4 rings (SSSR count). The molecule has 1 fully saturated rings. The van der Waals surface area contributed by atoms with Crippen LogP contribution >= 0.6 is 23.2 Å². The number of anilines is 1. The van der Waals surface area contributed by atoms with E-state index in [0.29, 0.717) is 33.7 Å². The van der Waals surface area contributed by atoms with Gasteiger partial charge in [-0.25, -0.2) is 8.42 Å². The zero-order valence-corrected chi connectivity index (χ0v) is 26.0. The molecule has 0 aromatic heterocycles. The number of rotatable bonds is 12. The number of benzene rings is 3. The van der Waals surface area contributed by atoms with Crippen LogP contribution in [0.5, 0.6) is 5.75 Å². The van der Waals surface area contributed by atoms with Gasteiger partial charge in [0.1, 0.15) is 18.3 Å². The molecule has 8 nitrogen and oxygen atoms in total. The van der Waals surface area contributed by atoms with Gasteiger partial charge in [-0.15, -0.1) is 0 Å². The number of nitrogens with zero attached hydrogens (tertiary/aromatic N) is 2. The quantitative estimate of drug-likeness (QED) is 0.262. The Morgan fingerprint density at radius 2 is 1.64 bits per heavy atom. The van der Waals surface area contributed by atoms with Crippen molar-refractivity contribution in [2.45, 2.75) is 63.1 Å². The summed E-state index contributed by atoms with van der Waals surface area (Å²) in [5.41, 5.74) is 0.969. The van der Waals surface area contributed by atoms with E-state index < -0.39 is 28.5 Å².